The summed E-state index contributed by atoms with van der Waals surface area (Å²) >= 11 is 0. The van der Waals surface area contributed by atoms with Crippen LogP contribution in [0.15, 0.2) is 23.3 Å². The maximum absolute atomic E-state index is 14.4. The second-order valence-corrected chi connectivity index (χ2v) is 18.1. The number of carboxylic acids is 1. The summed E-state index contributed by atoms with van der Waals surface area (Å²) in [6.45, 7) is 11.6. The number of piperidine rings is 1. The van der Waals surface area contributed by atoms with E-state index in [1.54, 1.807) is 6.92 Å². The Hall–Kier alpha value is -3.50. The van der Waals surface area contributed by atoms with Crippen molar-refractivity contribution >= 4 is 35.4 Å². The van der Waals surface area contributed by atoms with E-state index in [1.165, 1.54) is 26.2 Å². The van der Waals surface area contributed by atoms with Crippen molar-refractivity contribution < 1.29 is 67.4 Å². The number of aliphatic hydroxyl groups is 1. The molecule has 4 aliphatic rings. The van der Waals surface area contributed by atoms with Crippen LogP contribution in [0.4, 0.5) is 0 Å². The number of aliphatic carboxylic acids is 1. The average Bonchev–Trinajstić information content (AvgIpc) is 3.22. The molecule has 13 atom stereocenters. The smallest absolute Gasteiger partial charge is 0.329 e. The molecule has 2 bridgehead atoms. The molecule has 0 unspecified atom stereocenters. The van der Waals surface area contributed by atoms with Crippen LogP contribution in [0.2, 0.25) is 0 Å². The van der Waals surface area contributed by atoms with Crippen molar-refractivity contribution in [2.24, 2.45) is 29.6 Å². The number of hydrogen-bond acceptors (Lipinski definition) is 13. The van der Waals surface area contributed by atoms with Crippen molar-refractivity contribution in [3.8, 4) is 0 Å². The second kappa shape index (κ2) is 22.7. The van der Waals surface area contributed by atoms with E-state index in [-0.39, 0.29) is 55.3 Å². The highest BCUT2D eigenvalue weighted by Gasteiger charge is 2.56. The molecule has 0 aromatic heterocycles. The number of rotatable bonds is 9. The van der Waals surface area contributed by atoms with Gasteiger partial charge in [-0.25, -0.2) is 4.79 Å². The number of esters is 2. The second-order valence-electron chi connectivity index (χ2n) is 18.1. The number of fused-ring (bicyclic) bond motifs is 3. The van der Waals surface area contributed by atoms with Gasteiger partial charge in [-0.2, -0.15) is 0 Å². The Morgan fingerprint density at radius 1 is 0.918 bits per heavy atom. The summed E-state index contributed by atoms with van der Waals surface area (Å²) in [7, 11) is 4.57. The molecule has 1 amide bonds. The Labute approximate surface area is 361 Å². The largest absolute Gasteiger partial charge is 0.481 e. The van der Waals surface area contributed by atoms with Gasteiger partial charge in [0.15, 0.2) is 0 Å². The van der Waals surface area contributed by atoms with Crippen LogP contribution in [0.25, 0.3) is 0 Å². The standard InChI is InChI=1S/C46H71NO14/c1-10-32-20-26(2)19-27(3)21-37(57-8)42-38(58-9)23-30(6)46(55,61-42)43(52)44(53)47-18-12-11-13-33(47)45(54)60-41(28(4)14-16-34(32)48)29(5)22-31-15-17-35(36(24-31)56-7)59-40(51)25-39(49)50/h20,22,27-28,30-33,35-38,41-42,55H,10-19,21,23-25H2,1-9H3,(H,49,50)/b26-20+,29-22+/t27-,28+,30+,31-,32+,33-,35+,36+,37-,38-,41-,42+,46+/m0/s1. The molecule has 1 aliphatic carbocycles. The van der Waals surface area contributed by atoms with Crippen molar-refractivity contribution in [1.82, 2.24) is 4.90 Å². The van der Waals surface area contributed by atoms with E-state index in [1.807, 2.05) is 39.8 Å². The van der Waals surface area contributed by atoms with E-state index >= 15 is 0 Å². The topological polar surface area (TPSA) is 201 Å². The van der Waals surface area contributed by atoms with Gasteiger partial charge in [-0.1, -0.05) is 45.4 Å². The van der Waals surface area contributed by atoms with Crippen molar-refractivity contribution in [2.45, 2.75) is 173 Å². The highest BCUT2D eigenvalue weighted by molar-refractivity contribution is 6.39. The molecule has 1 saturated carbocycles. The number of amides is 1. The van der Waals surface area contributed by atoms with Crippen LogP contribution in [0.5, 0.6) is 0 Å². The average molecular weight is 862 g/mol. The lowest BCUT2D eigenvalue weighted by Crippen LogP contribution is -2.64. The number of allylic oxidation sites excluding steroid dienone is 3. The molecule has 3 heterocycles. The Balaban J connectivity index is 1.70. The van der Waals surface area contributed by atoms with Gasteiger partial charge in [-0.05, 0) is 108 Å². The molecule has 15 heteroatoms. The lowest BCUT2D eigenvalue weighted by molar-refractivity contribution is -0.302. The molecule has 4 rings (SSSR count). The Morgan fingerprint density at radius 2 is 1.59 bits per heavy atom. The van der Waals surface area contributed by atoms with Crippen LogP contribution in [-0.2, 0) is 57.2 Å². The number of cyclic esters (lactones) is 1. The van der Waals surface area contributed by atoms with Gasteiger partial charge in [0.05, 0.1) is 18.3 Å². The molecule has 344 valence electrons. The van der Waals surface area contributed by atoms with E-state index in [2.05, 4.69) is 6.92 Å². The third-order valence-corrected chi connectivity index (χ3v) is 13.3. The first-order chi connectivity index (χ1) is 28.9. The zero-order valence-electron chi connectivity index (χ0n) is 37.7. The summed E-state index contributed by atoms with van der Waals surface area (Å²) < 4.78 is 35.5. The molecule has 0 radical (unpaired) electrons. The minimum Gasteiger partial charge on any atom is -0.481 e. The Morgan fingerprint density at radius 3 is 2.23 bits per heavy atom. The fourth-order valence-electron chi connectivity index (χ4n) is 9.85. The molecule has 2 N–H and O–H groups in total. The van der Waals surface area contributed by atoms with Crippen LogP contribution >= 0.6 is 0 Å². The first-order valence-corrected chi connectivity index (χ1v) is 22.2. The third kappa shape index (κ3) is 12.8. The molecular weight excluding hydrogens is 790 g/mol. The van der Waals surface area contributed by atoms with E-state index in [0.29, 0.717) is 57.8 Å². The summed E-state index contributed by atoms with van der Waals surface area (Å²) in [4.78, 5) is 81.1. The maximum atomic E-state index is 14.4. The highest BCUT2D eigenvalue weighted by atomic mass is 16.7. The lowest BCUT2D eigenvalue weighted by atomic mass is 9.82. The zero-order valence-corrected chi connectivity index (χ0v) is 37.7. The number of methoxy groups -OCH3 is 3. The quantitative estimate of drug-likeness (QED) is 0.127. The van der Waals surface area contributed by atoms with Crippen LogP contribution in [-0.4, -0.2) is 127 Å². The normalized spacial score (nSPS) is 37.7. The summed E-state index contributed by atoms with van der Waals surface area (Å²) in [5, 5.41) is 21.1. The third-order valence-electron chi connectivity index (χ3n) is 13.3. The van der Waals surface area contributed by atoms with Gasteiger partial charge >= 0.3 is 17.9 Å². The maximum Gasteiger partial charge on any atom is 0.329 e. The van der Waals surface area contributed by atoms with E-state index in [4.69, 9.17) is 33.5 Å². The minimum atomic E-state index is -2.50. The van der Waals surface area contributed by atoms with Gasteiger partial charge in [-0.15, -0.1) is 0 Å². The monoisotopic (exact) mass is 861 g/mol. The van der Waals surface area contributed by atoms with Gasteiger partial charge in [0.1, 0.15) is 36.6 Å². The molecular formula is C46H71NO14. The first-order valence-electron chi connectivity index (χ1n) is 22.2. The van der Waals surface area contributed by atoms with Crippen LogP contribution in [0, 0.1) is 29.6 Å². The Bertz CT molecular complexity index is 1630. The van der Waals surface area contributed by atoms with Gasteiger partial charge in [0.25, 0.3) is 11.7 Å². The summed E-state index contributed by atoms with van der Waals surface area (Å²) in [6.07, 6.45) is 4.90. The molecule has 61 heavy (non-hydrogen) atoms. The zero-order chi connectivity index (χ0) is 45.2. The summed E-state index contributed by atoms with van der Waals surface area (Å²) in [5.41, 5.74) is 1.78. The molecule has 2 saturated heterocycles. The molecule has 15 nitrogen and oxygen atoms in total. The van der Waals surface area contributed by atoms with E-state index in [9.17, 15) is 33.9 Å². The number of carbonyl (C=O) groups is 6. The van der Waals surface area contributed by atoms with Gasteiger partial charge in [0, 0.05) is 46.1 Å². The molecule has 0 aromatic rings. The summed E-state index contributed by atoms with van der Waals surface area (Å²) in [6, 6.07) is -1.10. The lowest BCUT2D eigenvalue weighted by Gasteiger charge is -2.47. The number of ether oxygens (including phenoxy) is 6. The van der Waals surface area contributed by atoms with Gasteiger partial charge in [-0.3, -0.25) is 24.0 Å². The van der Waals surface area contributed by atoms with Crippen LogP contribution in [0.1, 0.15) is 125 Å². The molecule has 3 aliphatic heterocycles. The Kier molecular flexibility index (Phi) is 18.7. The van der Waals surface area contributed by atoms with Gasteiger partial charge in [0.2, 0.25) is 5.79 Å². The fraction of sp³-hybridized carbons (Fsp3) is 0.783. The van der Waals surface area contributed by atoms with Gasteiger partial charge < -0.3 is 43.5 Å². The van der Waals surface area contributed by atoms with Crippen molar-refractivity contribution in [3.63, 3.8) is 0 Å². The first kappa shape index (κ1) is 50.1. The van der Waals surface area contributed by atoms with E-state index < -0.39 is 90.4 Å². The molecule has 0 spiro atoms. The highest BCUT2D eigenvalue weighted by Crippen LogP contribution is 2.39. The van der Waals surface area contributed by atoms with Crippen molar-refractivity contribution in [1.29, 1.82) is 0 Å². The number of carboxylic acid groups (broad SMARTS) is 1. The van der Waals surface area contributed by atoms with Crippen LogP contribution < -0.4 is 0 Å². The number of Topliss-reactive ketones (excluding diaryl/α,β-unsaturated/α-hetero) is 2. The van der Waals surface area contributed by atoms with Crippen LogP contribution in [0.3, 0.4) is 0 Å². The molecule has 0 aromatic carbocycles. The SMILES string of the molecule is CC[C@@H]1/C=C(\C)C[C@H](C)C[C@H](OC)[C@H]2O[C@@](O)(C(=O)C(=O)N3CCCC[C@H]3C(=O)O[C@H](/C(C)=C/[C@@H]3CC[C@@H](OC(=O)CC(=O)O)[C@H](OC)C3)[C@H](C)CCC1=O)[C@H](C)C[C@@H]2OC. The molecule has 3 fully saturated rings. The minimum absolute atomic E-state index is 0.0581. The van der Waals surface area contributed by atoms with Crippen molar-refractivity contribution in [2.75, 3.05) is 27.9 Å². The number of carbonyl (C=O) groups excluding carboxylic acids is 5. The van der Waals surface area contributed by atoms with E-state index in [0.717, 1.165) is 11.1 Å². The predicted octanol–water partition coefficient (Wildman–Crippen LogP) is 5.53. The predicted molar refractivity (Wildman–Crippen MR) is 223 cm³/mol. The number of ketones is 2. The number of nitrogens with zero attached hydrogens (tertiary/aromatic N) is 1. The number of hydrogen-bond donors (Lipinski definition) is 2. The van der Waals surface area contributed by atoms with Crippen molar-refractivity contribution in [3.05, 3.63) is 23.3 Å². The summed E-state index contributed by atoms with van der Waals surface area (Å²) in [5.74, 6) is -8.87. The fourth-order valence-corrected chi connectivity index (χ4v) is 9.85.